The van der Waals surface area contributed by atoms with Gasteiger partial charge in [-0.25, -0.2) is 34.9 Å². The summed E-state index contributed by atoms with van der Waals surface area (Å²) in [5.41, 5.74) is 15.6. The molecule has 0 unspecified atom stereocenters. The molecule has 0 aliphatic rings. The molecular formula is C96H88Cl3N19O6. The number of aromatic nitrogens is 10. The summed E-state index contributed by atoms with van der Waals surface area (Å²) in [6.45, 7) is 2.02. The predicted octanol–water partition coefficient (Wildman–Crippen LogP) is 17.9. The van der Waals surface area contributed by atoms with E-state index in [2.05, 4.69) is 78.5 Å². The highest BCUT2D eigenvalue weighted by Gasteiger charge is 2.20. The van der Waals surface area contributed by atoms with Gasteiger partial charge in [-0.3, -0.25) is 28.8 Å². The van der Waals surface area contributed by atoms with Crippen molar-refractivity contribution in [1.82, 2.24) is 64.1 Å². The Morgan fingerprint density at radius 3 is 1.23 bits per heavy atom. The lowest BCUT2D eigenvalue weighted by Crippen LogP contribution is -2.14. The Morgan fingerprint density at radius 1 is 0.387 bits per heavy atom. The average molecular weight is 1710 g/mol. The van der Waals surface area contributed by atoms with Crippen LogP contribution in [0.5, 0.6) is 0 Å². The average Bonchev–Trinajstić information content (AvgIpc) is 1.62. The zero-order valence-electron chi connectivity index (χ0n) is 68.9. The van der Waals surface area contributed by atoms with Gasteiger partial charge in [0.05, 0.1) is 32.1 Å². The molecular weight excluding hydrogens is 1620 g/mol. The quantitative estimate of drug-likeness (QED) is 0.0222. The number of halogens is 3. The molecule has 15 aromatic rings. The maximum Gasteiger partial charge on any atom is 0.255 e. The topological polar surface area (TPSA) is 311 Å². The number of likely N-dealkylation sites (N-methyl/N-ethyl adjacent to an activating group) is 3. The smallest absolute Gasteiger partial charge is 0.255 e. The summed E-state index contributed by atoms with van der Waals surface area (Å²) in [6.07, 6.45) is 23.6. The Bertz CT molecular complexity index is 6460. The Hall–Kier alpha value is -14.4. The summed E-state index contributed by atoms with van der Waals surface area (Å²) in [4.78, 5) is 119. The van der Waals surface area contributed by atoms with E-state index in [-0.39, 0.29) is 35.4 Å². The fraction of sp³-hybridized carbons (Fsp3) is 0.135. The van der Waals surface area contributed by atoms with Gasteiger partial charge in [0, 0.05) is 202 Å². The van der Waals surface area contributed by atoms with Crippen molar-refractivity contribution in [2.24, 2.45) is 7.05 Å². The number of nitrogens with zero attached hydrogens (tertiary/aromatic N) is 11. The number of carbonyl (C=O) groups is 6. The normalized spacial score (nSPS) is 11.3. The summed E-state index contributed by atoms with van der Waals surface area (Å²) < 4.78 is 2.06. The number of carbonyl (C=O) groups excluding carboxylic acids is 6. The van der Waals surface area contributed by atoms with Crippen molar-refractivity contribution in [3.8, 4) is 33.8 Å². The van der Waals surface area contributed by atoms with Crippen molar-refractivity contribution >= 4 is 137 Å². The molecule has 0 saturated carbocycles. The fourth-order valence-corrected chi connectivity index (χ4v) is 13.7. The van der Waals surface area contributed by atoms with Crippen LogP contribution >= 0.6 is 34.8 Å². The molecule has 0 atom stereocenters. The summed E-state index contributed by atoms with van der Waals surface area (Å²) in [6, 6.07) is 62.9. The molecule has 15 rings (SSSR count). The van der Waals surface area contributed by atoms with Crippen LogP contribution in [-0.4, -0.2) is 161 Å². The van der Waals surface area contributed by atoms with Gasteiger partial charge >= 0.3 is 0 Å². The van der Waals surface area contributed by atoms with E-state index in [4.69, 9.17) is 49.8 Å². The van der Waals surface area contributed by atoms with Gasteiger partial charge < -0.3 is 61.1 Å². The van der Waals surface area contributed by atoms with Gasteiger partial charge in [-0.1, -0.05) is 120 Å². The van der Waals surface area contributed by atoms with Crippen molar-refractivity contribution in [1.29, 1.82) is 0 Å². The van der Waals surface area contributed by atoms with Crippen molar-refractivity contribution in [2.45, 2.75) is 19.3 Å². The number of nitrogens with one attached hydrogen (secondary N) is 8. The lowest BCUT2D eigenvalue weighted by molar-refractivity contribution is -0.112. The number of amides is 6. The highest BCUT2D eigenvalue weighted by Crippen LogP contribution is 2.36. The van der Waals surface area contributed by atoms with Gasteiger partial charge in [0.2, 0.25) is 17.7 Å². The molecule has 7 heterocycles. The summed E-state index contributed by atoms with van der Waals surface area (Å²) in [5, 5.41) is 21.7. The molecule has 8 aromatic carbocycles. The molecule has 28 heteroatoms. The van der Waals surface area contributed by atoms with Crippen LogP contribution in [0.15, 0.2) is 286 Å². The van der Waals surface area contributed by atoms with Crippen molar-refractivity contribution < 1.29 is 28.8 Å². The fourth-order valence-electron chi connectivity index (χ4n) is 13.2. The third kappa shape index (κ3) is 24.2. The summed E-state index contributed by atoms with van der Waals surface area (Å²) >= 11 is 19.5. The largest absolute Gasteiger partial charge is 0.361 e. The lowest BCUT2D eigenvalue weighted by atomic mass is 10.1. The van der Waals surface area contributed by atoms with Crippen LogP contribution in [0.25, 0.3) is 66.6 Å². The number of hydrogen-bond donors (Lipinski definition) is 8. The number of fused-ring (bicyclic) bond motifs is 3. The van der Waals surface area contributed by atoms with E-state index in [0.29, 0.717) is 139 Å². The maximum absolute atomic E-state index is 12.9. The van der Waals surface area contributed by atoms with E-state index in [1.807, 2.05) is 204 Å². The van der Waals surface area contributed by atoms with Gasteiger partial charge in [-0.2, -0.15) is 0 Å². The number of aromatic amines is 2. The zero-order chi connectivity index (χ0) is 87.2. The molecule has 624 valence electrons. The van der Waals surface area contributed by atoms with Gasteiger partial charge in [-0.15, -0.1) is 0 Å². The summed E-state index contributed by atoms with van der Waals surface area (Å²) in [7, 11) is 13.6. The third-order valence-corrected chi connectivity index (χ3v) is 20.0. The first-order valence-corrected chi connectivity index (χ1v) is 40.6. The summed E-state index contributed by atoms with van der Waals surface area (Å²) in [5.74, 6) is 0.400. The van der Waals surface area contributed by atoms with E-state index < -0.39 is 0 Å². The lowest BCUT2D eigenvalue weighted by Gasteiger charge is -2.10. The Labute approximate surface area is 731 Å². The van der Waals surface area contributed by atoms with Crippen LogP contribution in [0.3, 0.4) is 0 Å². The van der Waals surface area contributed by atoms with E-state index in [9.17, 15) is 28.8 Å². The molecule has 0 aliphatic heterocycles. The molecule has 0 spiro atoms. The van der Waals surface area contributed by atoms with Gasteiger partial charge in [0.25, 0.3) is 17.7 Å². The molecule has 0 aliphatic carbocycles. The molecule has 8 N–H and O–H groups in total. The van der Waals surface area contributed by atoms with Crippen molar-refractivity contribution in [3.63, 3.8) is 0 Å². The number of hydrogen-bond acceptors (Lipinski definition) is 16. The Balaban J connectivity index is 0.000000160. The van der Waals surface area contributed by atoms with Crippen LogP contribution in [0.1, 0.15) is 65.2 Å². The first-order chi connectivity index (χ1) is 59.9. The minimum Gasteiger partial charge on any atom is -0.361 e. The van der Waals surface area contributed by atoms with Crippen LogP contribution in [0.4, 0.5) is 34.1 Å². The molecule has 0 saturated heterocycles. The number of H-pyrrole nitrogens is 2. The number of para-hydroxylation sites is 1. The number of benzene rings is 8. The Morgan fingerprint density at radius 2 is 0.790 bits per heavy atom. The van der Waals surface area contributed by atoms with Crippen molar-refractivity contribution in [3.05, 3.63) is 352 Å². The molecule has 6 amide bonds. The number of anilines is 6. The first kappa shape index (κ1) is 87.4. The SMILES string of the molecule is CN(C)C/C=C/C(=O)Nc1ccc(C(=O)Nc2cccc(Cc3ncc(Cl)c(-c4cccc5[nH]ccc45)n3)c2)cc1.CN(C)C/C=C/C(=O)Nc1ccc(C(=O)Nc2cccc(Cc3ncc(Cl)c(-c4cn(C)c5ccccc45)n3)c2)cc1.CN(C)C/C=C/C(=O)Nc1ccc(C(=O)Nc2cccc(Cc3ncc(Cl)c(-c4cnc5[nH]ccc5c4)n3)c2)cc1. The second-order valence-corrected chi connectivity index (χ2v) is 30.9. The molecule has 124 heavy (non-hydrogen) atoms. The molecule has 0 radical (unpaired) electrons. The molecule has 0 bridgehead atoms. The van der Waals surface area contributed by atoms with Gasteiger partial charge in [0.15, 0.2) is 0 Å². The molecule has 0 fully saturated rings. The molecule has 7 aromatic heterocycles. The monoisotopic (exact) mass is 1710 g/mol. The second-order valence-electron chi connectivity index (χ2n) is 29.7. The number of aryl methyl sites for hydroxylation is 1. The second kappa shape index (κ2) is 41.7. The van der Waals surface area contributed by atoms with E-state index in [0.717, 1.165) is 66.2 Å². The van der Waals surface area contributed by atoms with Crippen molar-refractivity contribution in [2.75, 3.05) is 93.8 Å². The van der Waals surface area contributed by atoms with Crippen LogP contribution < -0.4 is 31.9 Å². The highest BCUT2D eigenvalue weighted by molar-refractivity contribution is 6.34. The maximum atomic E-state index is 12.9. The van der Waals surface area contributed by atoms with Crippen LogP contribution in [0.2, 0.25) is 15.1 Å². The predicted molar refractivity (Wildman–Crippen MR) is 495 cm³/mol. The van der Waals surface area contributed by atoms with E-state index >= 15 is 0 Å². The molecule has 25 nitrogen and oxygen atoms in total. The first-order valence-electron chi connectivity index (χ1n) is 39.4. The number of pyridine rings is 1. The van der Waals surface area contributed by atoms with Gasteiger partial charge in [-0.05, 0) is 199 Å². The van der Waals surface area contributed by atoms with E-state index in [1.165, 1.54) is 18.2 Å². The van der Waals surface area contributed by atoms with Gasteiger partial charge in [0.1, 0.15) is 23.1 Å². The minimum absolute atomic E-state index is 0.222. The van der Waals surface area contributed by atoms with E-state index in [1.54, 1.807) is 116 Å². The number of rotatable bonds is 27. The zero-order valence-corrected chi connectivity index (χ0v) is 71.1. The third-order valence-electron chi connectivity index (χ3n) is 19.2. The Kier molecular flexibility index (Phi) is 29.4. The highest BCUT2D eigenvalue weighted by atomic mass is 35.5. The minimum atomic E-state index is -0.261. The van der Waals surface area contributed by atoms with Crippen LogP contribution in [-0.2, 0) is 40.7 Å². The van der Waals surface area contributed by atoms with Crippen LogP contribution in [0, 0.1) is 0 Å². The standard InChI is InChI=1S/C33H31ClN6O2.C32H29ClN6O2.C31H28ClN7O2/c1-39(2)17-7-12-31(41)36-24-15-13-23(14-16-24)33(42)37-25-9-6-8-22(18-25)19-30-35-20-28(34)32(38-30)27-21-40(3)29-11-5-4-10-26(27)29;1-39(2)17-5-10-30(40)36-23-13-11-22(12-14-23)32(41)37-24-7-3-6-21(18-24)19-29-35-20-27(33)31(38-29)26-8-4-9-28-25(26)15-16-34-28;1-39(2)14-4-7-28(40)36-24-10-8-21(9-11-24)31(41)37-25-6-3-5-20(15-25)16-27-34-19-26(32)29(38-27)23-17-22-12-13-33-30(22)35-18-23/h4-16,18,20-21H,17,19H2,1-3H3,(H,36,41)(H,37,42);3-16,18,20,34H,17,19H2,1-2H3,(H,36,40)(H,37,41);3-13,15,17-19H,14,16H2,1-2H3,(H,33,35)(H,36,40)(H,37,41)/b12-7+;10-5+;7-4+.